The molecule has 0 saturated heterocycles. The molecule has 1 aromatic rings. The highest BCUT2D eigenvalue weighted by Gasteiger charge is 1.96. The van der Waals surface area contributed by atoms with Crippen LogP contribution in [-0.2, 0) is 16.1 Å². The molecule has 0 saturated carbocycles. The standard InChI is InChI=1S/C12H18N2O2/c1-13-12(15)10-16-8-7-14-9-11-5-3-2-4-6-11/h2-6,14H,7-10H2,1H3,(H,13,15). The summed E-state index contributed by atoms with van der Waals surface area (Å²) in [6.07, 6.45) is 0. The molecule has 88 valence electrons. The lowest BCUT2D eigenvalue weighted by atomic mass is 10.2. The molecule has 2 N–H and O–H groups in total. The smallest absolute Gasteiger partial charge is 0.245 e. The molecule has 0 spiro atoms. The predicted octanol–water partition coefficient (Wildman–Crippen LogP) is 0.539. The van der Waals surface area contributed by atoms with Crippen LogP contribution in [0.1, 0.15) is 5.56 Å². The molecular formula is C12H18N2O2. The molecule has 4 heteroatoms. The van der Waals surface area contributed by atoms with E-state index in [4.69, 9.17) is 4.74 Å². The lowest BCUT2D eigenvalue weighted by Gasteiger charge is -2.05. The van der Waals surface area contributed by atoms with Crippen LogP contribution in [0.15, 0.2) is 30.3 Å². The summed E-state index contributed by atoms with van der Waals surface area (Å²) in [6, 6.07) is 10.2. The maximum Gasteiger partial charge on any atom is 0.245 e. The third kappa shape index (κ3) is 5.48. The molecule has 0 radical (unpaired) electrons. The van der Waals surface area contributed by atoms with Gasteiger partial charge in [0.1, 0.15) is 6.61 Å². The van der Waals surface area contributed by atoms with E-state index in [-0.39, 0.29) is 12.5 Å². The quantitative estimate of drug-likeness (QED) is 0.662. The number of nitrogens with one attached hydrogen (secondary N) is 2. The van der Waals surface area contributed by atoms with Crippen molar-refractivity contribution in [2.24, 2.45) is 0 Å². The Morgan fingerprint density at radius 3 is 2.75 bits per heavy atom. The largest absolute Gasteiger partial charge is 0.370 e. The van der Waals surface area contributed by atoms with Crippen LogP contribution in [-0.4, -0.2) is 32.7 Å². The Bertz CT molecular complexity index is 301. The second-order valence-electron chi connectivity index (χ2n) is 3.39. The molecule has 0 fully saturated rings. The van der Waals surface area contributed by atoms with Crippen molar-refractivity contribution in [3.05, 3.63) is 35.9 Å². The van der Waals surface area contributed by atoms with E-state index in [1.165, 1.54) is 5.56 Å². The number of benzene rings is 1. The summed E-state index contributed by atoms with van der Waals surface area (Å²) in [6.45, 7) is 2.24. The molecule has 16 heavy (non-hydrogen) atoms. The fraction of sp³-hybridized carbons (Fsp3) is 0.417. The zero-order chi connectivity index (χ0) is 11.6. The number of hydrogen-bond donors (Lipinski definition) is 2. The van der Waals surface area contributed by atoms with Crippen molar-refractivity contribution in [1.82, 2.24) is 10.6 Å². The van der Waals surface area contributed by atoms with Gasteiger partial charge in [0.2, 0.25) is 5.91 Å². The SMILES string of the molecule is CNC(=O)COCCNCc1ccccc1. The molecule has 0 aliphatic heterocycles. The van der Waals surface area contributed by atoms with E-state index in [1.807, 2.05) is 18.2 Å². The first-order valence-corrected chi connectivity index (χ1v) is 5.36. The van der Waals surface area contributed by atoms with Gasteiger partial charge in [-0.15, -0.1) is 0 Å². The zero-order valence-electron chi connectivity index (χ0n) is 9.53. The molecule has 0 bridgehead atoms. The second-order valence-corrected chi connectivity index (χ2v) is 3.39. The number of amides is 1. The van der Waals surface area contributed by atoms with Crippen molar-refractivity contribution in [2.75, 3.05) is 26.8 Å². The number of carbonyl (C=O) groups is 1. The van der Waals surface area contributed by atoms with E-state index in [0.717, 1.165) is 13.1 Å². The average molecular weight is 222 g/mol. The Hall–Kier alpha value is -1.39. The van der Waals surface area contributed by atoms with Gasteiger partial charge in [0, 0.05) is 20.1 Å². The van der Waals surface area contributed by atoms with Crippen molar-refractivity contribution in [2.45, 2.75) is 6.54 Å². The first-order chi connectivity index (χ1) is 7.83. The molecule has 0 atom stereocenters. The molecular weight excluding hydrogens is 204 g/mol. The molecule has 0 aromatic heterocycles. The Balaban J connectivity index is 1.98. The lowest BCUT2D eigenvalue weighted by Crippen LogP contribution is -2.26. The minimum absolute atomic E-state index is 0.0944. The van der Waals surface area contributed by atoms with Crippen molar-refractivity contribution >= 4 is 5.91 Å². The topological polar surface area (TPSA) is 50.4 Å². The van der Waals surface area contributed by atoms with Gasteiger partial charge >= 0.3 is 0 Å². The molecule has 0 aliphatic rings. The van der Waals surface area contributed by atoms with Crippen LogP contribution >= 0.6 is 0 Å². The van der Waals surface area contributed by atoms with Crippen LogP contribution in [0.2, 0.25) is 0 Å². The van der Waals surface area contributed by atoms with Gasteiger partial charge in [0.15, 0.2) is 0 Å². The summed E-state index contributed by atoms with van der Waals surface area (Å²) >= 11 is 0. The van der Waals surface area contributed by atoms with Gasteiger partial charge in [-0.3, -0.25) is 4.79 Å². The number of hydrogen-bond acceptors (Lipinski definition) is 3. The number of rotatable bonds is 7. The average Bonchev–Trinajstić information content (AvgIpc) is 2.34. The lowest BCUT2D eigenvalue weighted by molar-refractivity contribution is -0.125. The first-order valence-electron chi connectivity index (χ1n) is 5.36. The van der Waals surface area contributed by atoms with Crippen LogP contribution in [0, 0.1) is 0 Å². The van der Waals surface area contributed by atoms with Crippen molar-refractivity contribution in [3.8, 4) is 0 Å². The highest BCUT2D eigenvalue weighted by molar-refractivity contribution is 5.76. The zero-order valence-corrected chi connectivity index (χ0v) is 9.53. The monoisotopic (exact) mass is 222 g/mol. The van der Waals surface area contributed by atoms with Crippen LogP contribution in [0.4, 0.5) is 0 Å². The van der Waals surface area contributed by atoms with Gasteiger partial charge in [-0.05, 0) is 5.56 Å². The highest BCUT2D eigenvalue weighted by atomic mass is 16.5. The van der Waals surface area contributed by atoms with Gasteiger partial charge in [-0.1, -0.05) is 30.3 Å². The van der Waals surface area contributed by atoms with E-state index in [1.54, 1.807) is 7.05 Å². The number of likely N-dealkylation sites (N-methyl/N-ethyl adjacent to an activating group) is 1. The fourth-order valence-electron chi connectivity index (χ4n) is 1.21. The van der Waals surface area contributed by atoms with Gasteiger partial charge in [-0.25, -0.2) is 0 Å². The van der Waals surface area contributed by atoms with Gasteiger partial charge in [0.25, 0.3) is 0 Å². The minimum Gasteiger partial charge on any atom is -0.370 e. The minimum atomic E-state index is -0.0944. The fourth-order valence-corrected chi connectivity index (χ4v) is 1.21. The van der Waals surface area contributed by atoms with E-state index >= 15 is 0 Å². The van der Waals surface area contributed by atoms with Crippen molar-refractivity contribution in [3.63, 3.8) is 0 Å². The van der Waals surface area contributed by atoms with Crippen LogP contribution < -0.4 is 10.6 Å². The summed E-state index contributed by atoms with van der Waals surface area (Å²) in [7, 11) is 1.60. The molecule has 0 aliphatic carbocycles. The van der Waals surface area contributed by atoms with Crippen LogP contribution in [0.25, 0.3) is 0 Å². The number of carbonyl (C=O) groups excluding carboxylic acids is 1. The summed E-state index contributed by atoms with van der Waals surface area (Å²) < 4.78 is 5.15. The maximum atomic E-state index is 10.8. The van der Waals surface area contributed by atoms with Crippen molar-refractivity contribution in [1.29, 1.82) is 0 Å². The van der Waals surface area contributed by atoms with Gasteiger partial charge < -0.3 is 15.4 Å². The predicted molar refractivity (Wildman–Crippen MR) is 63.0 cm³/mol. The summed E-state index contributed by atoms with van der Waals surface area (Å²) in [5.74, 6) is -0.0944. The van der Waals surface area contributed by atoms with E-state index in [9.17, 15) is 4.79 Å². The Labute approximate surface area is 96.0 Å². The Kier molecular flexibility index (Phi) is 6.22. The Morgan fingerprint density at radius 2 is 2.06 bits per heavy atom. The van der Waals surface area contributed by atoms with Crippen LogP contribution in [0.3, 0.4) is 0 Å². The summed E-state index contributed by atoms with van der Waals surface area (Å²) in [5.41, 5.74) is 1.24. The third-order valence-corrected chi connectivity index (χ3v) is 2.11. The molecule has 0 heterocycles. The third-order valence-electron chi connectivity index (χ3n) is 2.11. The Morgan fingerprint density at radius 1 is 1.31 bits per heavy atom. The van der Waals surface area contributed by atoms with E-state index < -0.39 is 0 Å². The summed E-state index contributed by atoms with van der Waals surface area (Å²) in [4.78, 5) is 10.8. The first kappa shape index (κ1) is 12.7. The number of ether oxygens (including phenoxy) is 1. The molecule has 0 unspecified atom stereocenters. The van der Waals surface area contributed by atoms with Crippen LogP contribution in [0.5, 0.6) is 0 Å². The van der Waals surface area contributed by atoms with E-state index in [0.29, 0.717) is 6.61 Å². The van der Waals surface area contributed by atoms with Gasteiger partial charge in [0.05, 0.1) is 6.61 Å². The molecule has 1 aromatic carbocycles. The molecule has 1 rings (SSSR count). The van der Waals surface area contributed by atoms with Crippen molar-refractivity contribution < 1.29 is 9.53 Å². The van der Waals surface area contributed by atoms with Gasteiger partial charge in [-0.2, -0.15) is 0 Å². The highest BCUT2D eigenvalue weighted by Crippen LogP contribution is 1.96. The normalized spacial score (nSPS) is 10.1. The maximum absolute atomic E-state index is 10.8. The van der Waals surface area contributed by atoms with E-state index in [2.05, 4.69) is 22.8 Å². The summed E-state index contributed by atoms with van der Waals surface area (Å²) in [5, 5.41) is 5.73. The second kappa shape index (κ2) is 7.84. The molecule has 4 nitrogen and oxygen atoms in total. The molecule has 1 amide bonds.